The molecule has 21 heavy (non-hydrogen) atoms. The van der Waals surface area contributed by atoms with E-state index in [1.54, 1.807) is 12.1 Å². The van der Waals surface area contributed by atoms with Gasteiger partial charge in [-0.2, -0.15) is 13.2 Å². The lowest BCUT2D eigenvalue weighted by Gasteiger charge is -2.36. The van der Waals surface area contributed by atoms with Crippen LogP contribution in [0.4, 0.5) is 13.2 Å². The Morgan fingerprint density at radius 2 is 1.86 bits per heavy atom. The largest absolute Gasteiger partial charge is 0.416 e. The lowest BCUT2D eigenvalue weighted by Crippen LogP contribution is -2.45. The first-order chi connectivity index (χ1) is 10.0. The van der Waals surface area contributed by atoms with E-state index >= 15 is 0 Å². The number of hydrogen-bond donors (Lipinski definition) is 2. The van der Waals surface area contributed by atoms with Crippen molar-refractivity contribution in [1.29, 1.82) is 0 Å². The minimum absolute atomic E-state index is 0.00320. The molecular weight excluding hydrogens is 281 g/mol. The zero-order valence-corrected chi connectivity index (χ0v) is 11.9. The van der Waals surface area contributed by atoms with Crippen LogP contribution in [0.3, 0.4) is 0 Å². The van der Waals surface area contributed by atoms with Gasteiger partial charge in [0.15, 0.2) is 0 Å². The number of aliphatic hydroxyl groups excluding tert-OH is 1. The van der Waals surface area contributed by atoms with E-state index in [0.717, 1.165) is 32.2 Å². The highest BCUT2D eigenvalue weighted by molar-refractivity contribution is 5.32. The Balaban J connectivity index is 2.31. The summed E-state index contributed by atoms with van der Waals surface area (Å²) in [7, 11) is 0. The van der Waals surface area contributed by atoms with Crippen LogP contribution in [0.25, 0.3) is 0 Å². The summed E-state index contributed by atoms with van der Waals surface area (Å²) in [4.78, 5) is 2.08. The molecule has 0 radical (unpaired) electrons. The van der Waals surface area contributed by atoms with E-state index in [-0.39, 0.29) is 12.6 Å². The lowest BCUT2D eigenvalue weighted by atomic mass is 9.94. The molecule has 1 heterocycles. The molecule has 1 aliphatic heterocycles. The fourth-order valence-electron chi connectivity index (χ4n) is 2.86. The van der Waals surface area contributed by atoms with Crippen molar-refractivity contribution in [2.45, 2.75) is 25.1 Å². The highest BCUT2D eigenvalue weighted by Crippen LogP contribution is 2.37. The SMILES string of the molecule is OCCC[C@H](c1ccccc1C(F)(F)F)N1CCNCC1. The molecule has 0 unspecified atom stereocenters. The Labute approximate surface area is 122 Å². The maximum Gasteiger partial charge on any atom is 0.416 e. The van der Waals surface area contributed by atoms with E-state index in [4.69, 9.17) is 5.11 Å². The van der Waals surface area contributed by atoms with Crippen LogP contribution in [0.1, 0.15) is 30.0 Å². The van der Waals surface area contributed by atoms with Gasteiger partial charge in [-0.25, -0.2) is 0 Å². The van der Waals surface area contributed by atoms with Crippen molar-refractivity contribution >= 4 is 0 Å². The van der Waals surface area contributed by atoms with E-state index < -0.39 is 11.7 Å². The van der Waals surface area contributed by atoms with Gasteiger partial charge in [0, 0.05) is 38.8 Å². The standard InChI is InChI=1S/C15H21F3N2O/c16-15(17,18)13-5-2-1-4-12(13)14(6-3-11-21)20-9-7-19-8-10-20/h1-2,4-5,14,19,21H,3,6-11H2/t14-/m1/s1. The van der Waals surface area contributed by atoms with Gasteiger partial charge >= 0.3 is 6.18 Å². The first-order valence-corrected chi connectivity index (χ1v) is 7.26. The molecule has 6 heteroatoms. The number of aliphatic hydroxyl groups is 1. The summed E-state index contributed by atoms with van der Waals surface area (Å²) in [6.45, 7) is 3.01. The van der Waals surface area contributed by atoms with Crippen LogP contribution in [0.15, 0.2) is 24.3 Å². The normalized spacial score (nSPS) is 18.7. The van der Waals surface area contributed by atoms with Gasteiger partial charge in [-0.3, -0.25) is 4.90 Å². The quantitative estimate of drug-likeness (QED) is 0.877. The van der Waals surface area contributed by atoms with Crippen molar-refractivity contribution in [3.63, 3.8) is 0 Å². The van der Waals surface area contributed by atoms with Crippen LogP contribution in [0.2, 0.25) is 0 Å². The van der Waals surface area contributed by atoms with E-state index in [0.29, 0.717) is 18.4 Å². The molecule has 0 aliphatic carbocycles. The molecule has 0 amide bonds. The number of rotatable bonds is 5. The van der Waals surface area contributed by atoms with E-state index in [9.17, 15) is 13.2 Å². The van der Waals surface area contributed by atoms with Crippen molar-refractivity contribution in [2.75, 3.05) is 32.8 Å². The molecule has 0 saturated carbocycles. The number of nitrogens with one attached hydrogen (secondary N) is 1. The summed E-state index contributed by atoms with van der Waals surface area (Å²) in [6, 6.07) is 5.49. The summed E-state index contributed by atoms with van der Waals surface area (Å²) >= 11 is 0. The van der Waals surface area contributed by atoms with Crippen molar-refractivity contribution < 1.29 is 18.3 Å². The lowest BCUT2D eigenvalue weighted by molar-refractivity contribution is -0.138. The number of alkyl halides is 3. The maximum atomic E-state index is 13.2. The van der Waals surface area contributed by atoms with E-state index in [1.165, 1.54) is 6.07 Å². The smallest absolute Gasteiger partial charge is 0.396 e. The number of benzene rings is 1. The maximum absolute atomic E-state index is 13.2. The van der Waals surface area contributed by atoms with Crippen LogP contribution in [0.5, 0.6) is 0 Å². The van der Waals surface area contributed by atoms with E-state index in [2.05, 4.69) is 10.2 Å². The van der Waals surface area contributed by atoms with Crippen molar-refractivity contribution in [2.24, 2.45) is 0 Å². The average Bonchev–Trinajstić information content (AvgIpc) is 2.48. The Morgan fingerprint density at radius 3 is 2.48 bits per heavy atom. The zero-order valence-electron chi connectivity index (χ0n) is 11.9. The molecule has 1 atom stereocenters. The monoisotopic (exact) mass is 302 g/mol. The van der Waals surface area contributed by atoms with Crippen LogP contribution in [-0.2, 0) is 6.18 Å². The van der Waals surface area contributed by atoms with Gasteiger partial charge in [-0.15, -0.1) is 0 Å². The van der Waals surface area contributed by atoms with Crippen LogP contribution < -0.4 is 5.32 Å². The van der Waals surface area contributed by atoms with Gasteiger partial charge in [0.1, 0.15) is 0 Å². The van der Waals surface area contributed by atoms with Crippen LogP contribution >= 0.6 is 0 Å². The first kappa shape index (κ1) is 16.3. The summed E-state index contributed by atoms with van der Waals surface area (Å²) in [5.74, 6) is 0. The third kappa shape index (κ3) is 4.18. The number of hydrogen-bond acceptors (Lipinski definition) is 3. The molecule has 1 saturated heterocycles. The number of nitrogens with zero attached hydrogens (tertiary/aromatic N) is 1. The van der Waals surface area contributed by atoms with Gasteiger partial charge < -0.3 is 10.4 Å². The Hall–Kier alpha value is -1.11. The summed E-state index contributed by atoms with van der Waals surface area (Å²) in [6.07, 6.45) is -3.31. The molecule has 3 nitrogen and oxygen atoms in total. The summed E-state index contributed by atoms with van der Waals surface area (Å²) in [5, 5.41) is 12.2. The van der Waals surface area contributed by atoms with E-state index in [1.807, 2.05) is 0 Å². The fourth-order valence-corrected chi connectivity index (χ4v) is 2.86. The minimum Gasteiger partial charge on any atom is -0.396 e. The summed E-state index contributed by atoms with van der Waals surface area (Å²) in [5.41, 5.74) is -0.244. The van der Waals surface area contributed by atoms with Crippen molar-refractivity contribution in [3.05, 3.63) is 35.4 Å². The Kier molecular flexibility index (Phi) is 5.61. The topological polar surface area (TPSA) is 35.5 Å². The highest BCUT2D eigenvalue weighted by atomic mass is 19.4. The van der Waals surface area contributed by atoms with Crippen LogP contribution in [0, 0.1) is 0 Å². The molecule has 0 bridgehead atoms. The minimum atomic E-state index is -4.35. The van der Waals surface area contributed by atoms with Gasteiger partial charge in [0.25, 0.3) is 0 Å². The Bertz CT molecular complexity index is 445. The number of halogens is 3. The van der Waals surface area contributed by atoms with Gasteiger partial charge in [-0.05, 0) is 24.5 Å². The second-order valence-electron chi connectivity index (χ2n) is 5.25. The molecule has 1 aliphatic rings. The predicted octanol–water partition coefficient (Wildman–Crippen LogP) is 2.42. The second-order valence-corrected chi connectivity index (χ2v) is 5.25. The first-order valence-electron chi connectivity index (χ1n) is 7.26. The molecule has 0 aromatic heterocycles. The average molecular weight is 302 g/mol. The number of piperazine rings is 1. The van der Waals surface area contributed by atoms with Gasteiger partial charge in [0.05, 0.1) is 5.56 Å². The molecule has 0 spiro atoms. The van der Waals surface area contributed by atoms with Crippen LogP contribution in [-0.4, -0.2) is 42.8 Å². The molecular formula is C15H21F3N2O. The third-order valence-corrected chi connectivity index (χ3v) is 3.85. The van der Waals surface area contributed by atoms with Gasteiger partial charge in [-0.1, -0.05) is 18.2 Å². The zero-order chi connectivity index (χ0) is 15.3. The Morgan fingerprint density at radius 1 is 1.19 bits per heavy atom. The van der Waals surface area contributed by atoms with Crippen molar-refractivity contribution in [3.8, 4) is 0 Å². The third-order valence-electron chi connectivity index (χ3n) is 3.85. The second kappa shape index (κ2) is 7.24. The highest BCUT2D eigenvalue weighted by Gasteiger charge is 2.36. The molecule has 1 aromatic carbocycles. The molecule has 118 valence electrons. The molecule has 1 fully saturated rings. The van der Waals surface area contributed by atoms with Gasteiger partial charge in [0.2, 0.25) is 0 Å². The van der Waals surface area contributed by atoms with Crippen molar-refractivity contribution in [1.82, 2.24) is 10.2 Å². The molecule has 1 aromatic rings. The predicted molar refractivity (Wildman–Crippen MR) is 74.9 cm³/mol. The fraction of sp³-hybridized carbons (Fsp3) is 0.600. The summed E-state index contributed by atoms with van der Waals surface area (Å²) < 4.78 is 39.7. The molecule has 2 N–H and O–H groups in total. The molecule has 2 rings (SSSR count).